The highest BCUT2D eigenvalue weighted by molar-refractivity contribution is 6.42. The maximum absolute atomic E-state index is 12.6. The molecule has 0 radical (unpaired) electrons. The Balaban J connectivity index is 1.48. The largest absolute Gasteiger partial charge is 0.497 e. The molecule has 2 aromatic heterocycles. The van der Waals surface area contributed by atoms with Crippen molar-refractivity contribution in [1.29, 1.82) is 0 Å². The first-order valence-corrected chi connectivity index (χ1v) is 13.5. The molecule has 2 aromatic carbocycles. The molecule has 1 N–H and O–H groups in total. The quantitative estimate of drug-likeness (QED) is 0.289. The van der Waals surface area contributed by atoms with E-state index in [-0.39, 0.29) is 12.1 Å². The summed E-state index contributed by atoms with van der Waals surface area (Å²) >= 11 is 12.5. The second kappa shape index (κ2) is 10.9. The van der Waals surface area contributed by atoms with E-state index in [0.29, 0.717) is 46.5 Å². The Labute approximate surface area is 237 Å². The maximum atomic E-state index is 12.6. The zero-order valence-corrected chi connectivity index (χ0v) is 23.8. The van der Waals surface area contributed by atoms with E-state index in [2.05, 4.69) is 10.3 Å². The molecule has 0 saturated carbocycles. The SMILES string of the molecule is COc1ccc2nc(-c3ccc(Cl)c(Cl)c3)n(-c3ccnc(NC4CCCN(C(=O)OC(C)(C)C)C4)n3)c2c1. The van der Waals surface area contributed by atoms with Gasteiger partial charge >= 0.3 is 6.09 Å². The number of benzene rings is 2. The first-order chi connectivity index (χ1) is 18.6. The highest BCUT2D eigenvalue weighted by Gasteiger charge is 2.28. The number of hydrogen-bond donors (Lipinski definition) is 1. The fourth-order valence-corrected chi connectivity index (χ4v) is 4.85. The van der Waals surface area contributed by atoms with Crippen LogP contribution in [-0.2, 0) is 4.74 Å². The molecule has 1 amide bonds. The molecule has 1 fully saturated rings. The van der Waals surface area contributed by atoms with Crippen LogP contribution in [0.25, 0.3) is 28.2 Å². The van der Waals surface area contributed by atoms with E-state index in [1.807, 2.05) is 55.7 Å². The fraction of sp³-hybridized carbons (Fsp3) is 0.357. The maximum Gasteiger partial charge on any atom is 0.410 e. The van der Waals surface area contributed by atoms with Crippen LogP contribution >= 0.6 is 23.2 Å². The second-order valence-electron chi connectivity index (χ2n) is 10.4. The van der Waals surface area contributed by atoms with Gasteiger partial charge in [0.15, 0.2) is 0 Å². The van der Waals surface area contributed by atoms with Gasteiger partial charge in [-0.05, 0) is 70.0 Å². The first kappa shape index (κ1) is 27.0. The summed E-state index contributed by atoms with van der Waals surface area (Å²) in [5, 5.41) is 4.31. The Kier molecular flexibility index (Phi) is 7.55. The molecule has 204 valence electrons. The molecule has 0 bridgehead atoms. The van der Waals surface area contributed by atoms with Crippen molar-refractivity contribution in [2.24, 2.45) is 0 Å². The standard InChI is InChI=1S/C28H30Cl2N6O3/c1-28(2,3)39-27(37)35-13-5-6-18(16-35)32-26-31-12-11-24(34-26)36-23-15-19(38-4)8-10-22(23)33-25(36)17-7-9-20(29)21(30)14-17/h7-12,14-15,18H,5-6,13,16H2,1-4H3,(H,31,32,34). The monoisotopic (exact) mass is 568 g/mol. The third-order valence-electron chi connectivity index (χ3n) is 6.32. The van der Waals surface area contributed by atoms with Crippen LogP contribution in [0.2, 0.25) is 10.0 Å². The lowest BCUT2D eigenvalue weighted by Gasteiger charge is -2.34. The predicted molar refractivity (Wildman–Crippen MR) is 153 cm³/mol. The van der Waals surface area contributed by atoms with Crippen LogP contribution in [0.4, 0.5) is 10.7 Å². The van der Waals surface area contributed by atoms with Gasteiger partial charge in [-0.15, -0.1) is 0 Å². The number of amides is 1. The van der Waals surface area contributed by atoms with E-state index >= 15 is 0 Å². The van der Waals surface area contributed by atoms with Gasteiger partial charge in [0.2, 0.25) is 5.95 Å². The Bertz CT molecular complexity index is 1520. The summed E-state index contributed by atoms with van der Waals surface area (Å²) in [4.78, 5) is 28.5. The number of halogens is 2. The van der Waals surface area contributed by atoms with Crippen LogP contribution in [0.15, 0.2) is 48.7 Å². The van der Waals surface area contributed by atoms with Crippen molar-refractivity contribution in [2.45, 2.75) is 45.3 Å². The Hall–Kier alpha value is -3.56. The molecule has 0 aliphatic carbocycles. The molecule has 3 heterocycles. The summed E-state index contributed by atoms with van der Waals surface area (Å²) in [5.74, 6) is 2.41. The number of rotatable bonds is 5. The normalized spacial score (nSPS) is 15.8. The summed E-state index contributed by atoms with van der Waals surface area (Å²) in [6.07, 6.45) is 3.12. The van der Waals surface area contributed by atoms with Gasteiger partial charge in [0, 0.05) is 37.0 Å². The lowest BCUT2D eigenvalue weighted by Crippen LogP contribution is -2.47. The Morgan fingerprint density at radius 2 is 1.90 bits per heavy atom. The van der Waals surface area contributed by atoms with E-state index in [1.165, 1.54) is 0 Å². The molecule has 1 atom stereocenters. The summed E-state index contributed by atoms with van der Waals surface area (Å²) in [7, 11) is 1.62. The van der Waals surface area contributed by atoms with Crippen LogP contribution in [0, 0.1) is 0 Å². The number of nitrogens with one attached hydrogen (secondary N) is 1. The van der Waals surface area contributed by atoms with E-state index in [9.17, 15) is 4.79 Å². The fourth-order valence-electron chi connectivity index (χ4n) is 4.56. The zero-order chi connectivity index (χ0) is 27.7. The summed E-state index contributed by atoms with van der Waals surface area (Å²) in [6.45, 7) is 6.76. The van der Waals surface area contributed by atoms with E-state index in [4.69, 9.17) is 42.6 Å². The van der Waals surface area contributed by atoms with Crippen molar-refractivity contribution in [1.82, 2.24) is 24.4 Å². The summed E-state index contributed by atoms with van der Waals surface area (Å²) < 4.78 is 13.0. The predicted octanol–water partition coefficient (Wildman–Crippen LogP) is 6.61. The molecule has 39 heavy (non-hydrogen) atoms. The van der Waals surface area contributed by atoms with Crippen molar-refractivity contribution < 1.29 is 14.3 Å². The van der Waals surface area contributed by atoms with Crippen LogP contribution < -0.4 is 10.1 Å². The summed E-state index contributed by atoms with van der Waals surface area (Å²) in [5.41, 5.74) is 1.82. The number of carbonyl (C=O) groups is 1. The van der Waals surface area contributed by atoms with Crippen LogP contribution in [-0.4, -0.2) is 62.4 Å². The topological polar surface area (TPSA) is 94.4 Å². The van der Waals surface area contributed by atoms with Crippen LogP contribution in [0.3, 0.4) is 0 Å². The van der Waals surface area contributed by atoms with E-state index in [1.54, 1.807) is 30.3 Å². The molecular weight excluding hydrogens is 539 g/mol. The highest BCUT2D eigenvalue weighted by atomic mass is 35.5. The van der Waals surface area contributed by atoms with Gasteiger partial charge in [-0.25, -0.2) is 14.8 Å². The smallest absolute Gasteiger partial charge is 0.410 e. The molecule has 4 aromatic rings. The van der Waals surface area contributed by atoms with E-state index < -0.39 is 5.60 Å². The number of aromatic nitrogens is 4. The Morgan fingerprint density at radius 3 is 2.64 bits per heavy atom. The van der Waals surface area contributed by atoms with Gasteiger partial charge in [-0.3, -0.25) is 4.57 Å². The lowest BCUT2D eigenvalue weighted by atomic mass is 10.1. The van der Waals surface area contributed by atoms with E-state index in [0.717, 1.165) is 29.4 Å². The number of fused-ring (bicyclic) bond motifs is 1. The molecule has 5 rings (SSSR count). The number of methoxy groups -OCH3 is 1. The number of piperidine rings is 1. The minimum Gasteiger partial charge on any atom is -0.497 e. The second-order valence-corrected chi connectivity index (χ2v) is 11.2. The Morgan fingerprint density at radius 1 is 1.08 bits per heavy atom. The van der Waals surface area contributed by atoms with Crippen LogP contribution in [0.5, 0.6) is 5.75 Å². The molecular formula is C28H30Cl2N6O3. The van der Waals surface area contributed by atoms with Gasteiger partial charge < -0.3 is 19.7 Å². The van der Waals surface area contributed by atoms with Gasteiger partial charge in [-0.2, -0.15) is 4.98 Å². The van der Waals surface area contributed by atoms with Gasteiger partial charge in [0.1, 0.15) is 23.0 Å². The number of anilines is 1. The number of carbonyl (C=O) groups excluding carboxylic acids is 1. The minimum atomic E-state index is -0.544. The van der Waals surface area contributed by atoms with Crippen molar-refractivity contribution in [3.05, 3.63) is 58.7 Å². The first-order valence-electron chi connectivity index (χ1n) is 12.7. The summed E-state index contributed by atoms with van der Waals surface area (Å²) in [6, 6.07) is 12.9. The number of hydrogen-bond acceptors (Lipinski definition) is 7. The average molecular weight is 569 g/mol. The third kappa shape index (κ3) is 6.04. The van der Waals surface area contributed by atoms with Crippen LogP contribution in [0.1, 0.15) is 33.6 Å². The average Bonchev–Trinajstić information content (AvgIpc) is 3.28. The molecule has 1 aliphatic rings. The minimum absolute atomic E-state index is 0.0179. The third-order valence-corrected chi connectivity index (χ3v) is 7.05. The molecule has 1 unspecified atom stereocenters. The molecule has 0 spiro atoms. The van der Waals surface area contributed by atoms with Gasteiger partial charge in [-0.1, -0.05) is 23.2 Å². The lowest BCUT2D eigenvalue weighted by molar-refractivity contribution is 0.0206. The van der Waals surface area contributed by atoms with Crippen molar-refractivity contribution in [2.75, 3.05) is 25.5 Å². The number of imidazole rings is 1. The number of likely N-dealkylation sites (tertiary alicyclic amines) is 1. The number of nitrogens with zero attached hydrogens (tertiary/aromatic N) is 5. The zero-order valence-electron chi connectivity index (χ0n) is 22.2. The molecule has 9 nitrogen and oxygen atoms in total. The van der Waals surface area contributed by atoms with Gasteiger partial charge in [0.05, 0.1) is 28.2 Å². The number of ether oxygens (including phenoxy) is 2. The van der Waals surface area contributed by atoms with Crippen molar-refractivity contribution >= 4 is 46.3 Å². The molecule has 1 saturated heterocycles. The molecule has 11 heteroatoms. The van der Waals surface area contributed by atoms with Crippen molar-refractivity contribution in [3.8, 4) is 23.0 Å². The van der Waals surface area contributed by atoms with Gasteiger partial charge in [0.25, 0.3) is 0 Å². The molecule has 1 aliphatic heterocycles. The highest BCUT2D eigenvalue weighted by Crippen LogP contribution is 2.33. The van der Waals surface area contributed by atoms with Crippen molar-refractivity contribution in [3.63, 3.8) is 0 Å².